The Labute approximate surface area is 219 Å². The predicted octanol–water partition coefficient (Wildman–Crippen LogP) is 2.39. The molecule has 3 aliphatic carbocycles. The van der Waals surface area contributed by atoms with Crippen LogP contribution in [0.3, 0.4) is 0 Å². The number of hydrogen-bond acceptors (Lipinski definition) is 7. The molecule has 0 saturated heterocycles. The van der Waals surface area contributed by atoms with Crippen molar-refractivity contribution in [2.75, 3.05) is 16.7 Å². The molecule has 12 heteroatoms. The van der Waals surface area contributed by atoms with Crippen LogP contribution >= 0.6 is 0 Å². The number of carbonyl (C=O) groups excluding carboxylic acids is 2. The highest BCUT2D eigenvalue weighted by Gasteiger charge is 2.63. The number of amides is 2. The lowest BCUT2D eigenvalue weighted by Gasteiger charge is -2.24. The fraction of sp³-hybridized carbons (Fsp3) is 0.462. The van der Waals surface area contributed by atoms with Gasteiger partial charge in [0.1, 0.15) is 5.56 Å². The van der Waals surface area contributed by atoms with Crippen LogP contribution in [-0.2, 0) is 16.6 Å². The third kappa shape index (κ3) is 3.80. The number of benzene rings is 1. The summed E-state index contributed by atoms with van der Waals surface area (Å²) in [6, 6.07) is 5.49. The van der Waals surface area contributed by atoms with Crippen molar-refractivity contribution in [3.63, 3.8) is 0 Å². The maximum absolute atomic E-state index is 13.4. The van der Waals surface area contributed by atoms with Gasteiger partial charge in [-0.2, -0.15) is 0 Å². The van der Waals surface area contributed by atoms with E-state index in [-0.39, 0.29) is 41.0 Å². The third-order valence-electron chi connectivity index (χ3n) is 8.55. The fourth-order valence-corrected chi connectivity index (χ4v) is 6.45. The minimum atomic E-state index is -3.65. The van der Waals surface area contributed by atoms with E-state index in [1.807, 2.05) is 17.9 Å². The molecule has 1 aliphatic heterocycles. The minimum Gasteiger partial charge on any atom is -0.381 e. The Bertz CT molecular complexity index is 1660. The Balaban J connectivity index is 1.28. The molecule has 11 nitrogen and oxygen atoms in total. The van der Waals surface area contributed by atoms with Crippen molar-refractivity contribution in [3.8, 4) is 11.3 Å². The van der Waals surface area contributed by atoms with Crippen LogP contribution in [0, 0.1) is 11.3 Å². The molecule has 0 bridgehead atoms. The van der Waals surface area contributed by atoms with Gasteiger partial charge in [0.15, 0.2) is 11.5 Å². The van der Waals surface area contributed by atoms with Crippen LogP contribution in [0.15, 0.2) is 24.4 Å². The van der Waals surface area contributed by atoms with Crippen LogP contribution in [0.2, 0.25) is 0 Å². The maximum Gasteiger partial charge on any atom is 0.259 e. The average molecular weight is 536 g/mol. The first-order valence-electron chi connectivity index (χ1n) is 12.9. The summed E-state index contributed by atoms with van der Waals surface area (Å²) in [5, 5.41) is 7.33. The molecule has 2 atom stereocenters. The van der Waals surface area contributed by atoms with E-state index in [1.54, 1.807) is 18.3 Å². The SMILES string of the molecule is CC(C1CC1)N1Cc2cc(-c3ccn4nc(N)c(C(=O)NC5CC56CC6)c4n3)cc(NS(C)(=O)=O)c2C1=O. The Hall–Kier alpha value is -3.67. The summed E-state index contributed by atoms with van der Waals surface area (Å²) >= 11 is 0. The Morgan fingerprint density at radius 1 is 1.26 bits per heavy atom. The molecule has 1 spiro atoms. The summed E-state index contributed by atoms with van der Waals surface area (Å²) < 4.78 is 28.4. The van der Waals surface area contributed by atoms with E-state index in [9.17, 15) is 18.0 Å². The smallest absolute Gasteiger partial charge is 0.259 e. The van der Waals surface area contributed by atoms with Gasteiger partial charge in [0.2, 0.25) is 10.0 Å². The normalized spacial score (nSPS) is 22.0. The second-order valence-electron chi connectivity index (χ2n) is 11.4. The number of carbonyl (C=O) groups is 2. The Kier molecular flexibility index (Phi) is 4.74. The molecule has 2 aromatic heterocycles. The number of hydrogen-bond donors (Lipinski definition) is 3. The number of aromatic nitrogens is 3. The molecular formula is C26H29N7O4S. The molecule has 3 heterocycles. The molecule has 4 aliphatic rings. The van der Waals surface area contributed by atoms with Gasteiger partial charge in [-0.25, -0.2) is 17.9 Å². The van der Waals surface area contributed by atoms with E-state index in [4.69, 9.17) is 10.7 Å². The number of nitrogens with two attached hydrogens (primary N) is 1. The average Bonchev–Trinajstić information content (AvgIpc) is 3.78. The number of fused-ring (bicyclic) bond motifs is 2. The molecule has 7 rings (SSSR count). The first kappa shape index (κ1) is 23.4. The van der Waals surface area contributed by atoms with Gasteiger partial charge >= 0.3 is 0 Å². The predicted molar refractivity (Wildman–Crippen MR) is 141 cm³/mol. The van der Waals surface area contributed by atoms with Gasteiger partial charge in [0.25, 0.3) is 11.8 Å². The highest BCUT2D eigenvalue weighted by Crippen LogP contribution is 2.65. The molecule has 3 saturated carbocycles. The van der Waals surface area contributed by atoms with Crippen molar-refractivity contribution in [1.82, 2.24) is 24.8 Å². The van der Waals surface area contributed by atoms with E-state index in [0.717, 1.165) is 43.9 Å². The summed E-state index contributed by atoms with van der Waals surface area (Å²) in [6.07, 6.45) is 8.21. The van der Waals surface area contributed by atoms with E-state index in [2.05, 4.69) is 15.1 Å². The van der Waals surface area contributed by atoms with Gasteiger partial charge in [0.05, 0.1) is 23.2 Å². The van der Waals surface area contributed by atoms with Crippen LogP contribution in [-0.4, -0.2) is 58.1 Å². The zero-order valence-corrected chi connectivity index (χ0v) is 22.0. The fourth-order valence-electron chi connectivity index (χ4n) is 5.89. The van der Waals surface area contributed by atoms with Crippen LogP contribution in [0.1, 0.15) is 65.3 Å². The molecular weight excluding hydrogens is 506 g/mol. The van der Waals surface area contributed by atoms with E-state index >= 15 is 0 Å². The monoisotopic (exact) mass is 535 g/mol. The molecule has 0 radical (unpaired) electrons. The third-order valence-corrected chi connectivity index (χ3v) is 9.14. The quantitative estimate of drug-likeness (QED) is 0.420. The molecule has 1 aromatic carbocycles. The number of rotatable bonds is 7. The van der Waals surface area contributed by atoms with E-state index in [0.29, 0.717) is 40.3 Å². The topological polar surface area (TPSA) is 152 Å². The van der Waals surface area contributed by atoms with Gasteiger partial charge in [-0.05, 0) is 74.1 Å². The molecule has 198 valence electrons. The molecule has 2 unspecified atom stereocenters. The number of nitrogens with zero attached hydrogens (tertiary/aromatic N) is 4. The molecule has 38 heavy (non-hydrogen) atoms. The molecule has 2 amide bonds. The zero-order chi connectivity index (χ0) is 26.6. The summed E-state index contributed by atoms with van der Waals surface area (Å²) in [6.45, 7) is 2.45. The largest absolute Gasteiger partial charge is 0.381 e. The van der Waals surface area contributed by atoms with Gasteiger partial charge in [-0.1, -0.05) is 0 Å². The van der Waals surface area contributed by atoms with Crippen molar-refractivity contribution in [3.05, 3.63) is 41.1 Å². The molecule has 3 aromatic rings. The van der Waals surface area contributed by atoms with Crippen molar-refractivity contribution < 1.29 is 18.0 Å². The second kappa shape index (κ2) is 7.68. The van der Waals surface area contributed by atoms with E-state index in [1.165, 1.54) is 4.52 Å². The van der Waals surface area contributed by atoms with Crippen LogP contribution in [0.25, 0.3) is 16.9 Å². The van der Waals surface area contributed by atoms with E-state index < -0.39 is 10.0 Å². The Morgan fingerprint density at radius 3 is 2.68 bits per heavy atom. The van der Waals surface area contributed by atoms with Crippen molar-refractivity contribution >= 4 is 39.0 Å². The van der Waals surface area contributed by atoms with Crippen LogP contribution in [0.5, 0.6) is 0 Å². The minimum absolute atomic E-state index is 0.0796. The summed E-state index contributed by atoms with van der Waals surface area (Å²) in [5.41, 5.74) is 9.44. The van der Waals surface area contributed by atoms with Crippen molar-refractivity contribution in [2.24, 2.45) is 11.3 Å². The van der Waals surface area contributed by atoms with Gasteiger partial charge in [-0.15, -0.1) is 5.10 Å². The number of anilines is 2. The Morgan fingerprint density at radius 2 is 2.03 bits per heavy atom. The van der Waals surface area contributed by atoms with Gasteiger partial charge in [0, 0.05) is 30.4 Å². The zero-order valence-electron chi connectivity index (χ0n) is 21.2. The maximum atomic E-state index is 13.4. The standard InChI is InChI=1S/C26H29N7O4S/c1-13(14-3-4-14)32-12-16-9-15(10-18(20(16)25(32)35)31-38(2,36)37)17-5-8-33-23(28-17)21(22(27)30-33)24(34)29-19-11-26(19)6-7-26/h5,8-10,13-14,19,31H,3-4,6-7,11-12H2,1-2H3,(H2,27,30)(H,29,34). The number of nitrogens with one attached hydrogen (secondary N) is 2. The van der Waals surface area contributed by atoms with Crippen LogP contribution < -0.4 is 15.8 Å². The summed E-state index contributed by atoms with van der Waals surface area (Å²) in [5.74, 6) is 0.114. The lowest BCUT2D eigenvalue weighted by molar-refractivity contribution is 0.0698. The second-order valence-corrected chi connectivity index (χ2v) is 13.1. The highest BCUT2D eigenvalue weighted by molar-refractivity contribution is 7.92. The number of sulfonamides is 1. The summed E-state index contributed by atoms with van der Waals surface area (Å²) in [4.78, 5) is 33.0. The first-order valence-corrected chi connectivity index (χ1v) is 14.8. The van der Waals surface area contributed by atoms with Crippen molar-refractivity contribution in [1.29, 1.82) is 0 Å². The van der Waals surface area contributed by atoms with Crippen LogP contribution in [0.4, 0.5) is 11.5 Å². The van der Waals surface area contributed by atoms with Gasteiger partial charge in [-0.3, -0.25) is 14.3 Å². The van der Waals surface area contributed by atoms with Crippen molar-refractivity contribution in [2.45, 2.75) is 57.7 Å². The highest BCUT2D eigenvalue weighted by atomic mass is 32.2. The number of nitrogen functional groups attached to an aromatic ring is 1. The van der Waals surface area contributed by atoms with Gasteiger partial charge < -0.3 is 16.0 Å². The lowest BCUT2D eigenvalue weighted by Crippen LogP contribution is -2.34. The first-order chi connectivity index (χ1) is 18.0. The molecule has 4 N–H and O–H groups in total. The molecule has 3 fully saturated rings. The lowest BCUT2D eigenvalue weighted by atomic mass is 10.0. The summed E-state index contributed by atoms with van der Waals surface area (Å²) in [7, 11) is -3.65.